The Balaban J connectivity index is 2.11. The number of hydrogen-bond donors (Lipinski definition) is 0. The van der Waals surface area contributed by atoms with Gasteiger partial charge in [-0.3, -0.25) is 4.98 Å². The van der Waals surface area contributed by atoms with E-state index in [1.807, 2.05) is 12.3 Å². The Morgan fingerprint density at radius 2 is 1.68 bits per heavy atom. The van der Waals surface area contributed by atoms with Crippen LogP contribution in [0.3, 0.4) is 0 Å². The molecule has 0 radical (unpaired) electrons. The summed E-state index contributed by atoms with van der Waals surface area (Å²) in [5.41, 5.74) is 7.53. The smallest absolute Gasteiger partial charge is 0.144 e. The predicted molar refractivity (Wildman–Crippen MR) is 91.2 cm³/mol. The SMILES string of the molecule is Cc1ccnc(-c2cccc3c2oc2c(C)cc(C)cc23)c1. The summed E-state index contributed by atoms with van der Waals surface area (Å²) in [7, 11) is 0. The molecule has 0 aliphatic rings. The lowest BCUT2D eigenvalue weighted by atomic mass is 10.0. The molecule has 0 fully saturated rings. The van der Waals surface area contributed by atoms with Crippen molar-refractivity contribution in [2.24, 2.45) is 0 Å². The number of hydrogen-bond acceptors (Lipinski definition) is 2. The molecule has 0 saturated carbocycles. The fraction of sp³-hybridized carbons (Fsp3) is 0.150. The van der Waals surface area contributed by atoms with Gasteiger partial charge >= 0.3 is 0 Å². The number of nitrogens with zero attached hydrogens (tertiary/aromatic N) is 1. The van der Waals surface area contributed by atoms with E-state index in [4.69, 9.17) is 4.42 Å². The second kappa shape index (κ2) is 4.70. The molecule has 0 atom stereocenters. The van der Waals surface area contributed by atoms with E-state index < -0.39 is 0 Å². The standard InChI is InChI=1S/C20H17NO/c1-12-7-8-21-18(11-12)16-6-4-5-15-17-10-13(2)9-14(3)19(17)22-20(15)16/h4-11H,1-3H3. The van der Waals surface area contributed by atoms with Crippen LogP contribution in [-0.2, 0) is 0 Å². The summed E-state index contributed by atoms with van der Waals surface area (Å²) in [6.07, 6.45) is 1.85. The number of benzene rings is 2. The van der Waals surface area contributed by atoms with Gasteiger partial charge in [-0.2, -0.15) is 0 Å². The zero-order valence-corrected chi connectivity index (χ0v) is 13.0. The highest BCUT2D eigenvalue weighted by Crippen LogP contribution is 2.36. The van der Waals surface area contributed by atoms with Crippen molar-refractivity contribution < 1.29 is 4.42 Å². The Morgan fingerprint density at radius 3 is 2.50 bits per heavy atom. The molecule has 0 unspecified atom stereocenters. The molecule has 0 bridgehead atoms. The van der Waals surface area contributed by atoms with Crippen molar-refractivity contribution in [1.29, 1.82) is 0 Å². The lowest BCUT2D eigenvalue weighted by molar-refractivity contribution is 0.666. The molecule has 2 heteroatoms. The number of para-hydroxylation sites is 1. The van der Waals surface area contributed by atoms with Gasteiger partial charge in [-0.15, -0.1) is 0 Å². The zero-order chi connectivity index (χ0) is 15.3. The molecule has 4 rings (SSSR count). The van der Waals surface area contributed by atoms with Crippen LogP contribution in [0.25, 0.3) is 33.2 Å². The minimum Gasteiger partial charge on any atom is -0.455 e. The van der Waals surface area contributed by atoms with Crippen LogP contribution in [0.15, 0.2) is 53.1 Å². The first-order chi connectivity index (χ1) is 10.6. The third kappa shape index (κ3) is 1.92. The molecule has 0 spiro atoms. The molecule has 2 aromatic carbocycles. The highest BCUT2D eigenvalue weighted by atomic mass is 16.3. The lowest BCUT2D eigenvalue weighted by Crippen LogP contribution is -1.84. The van der Waals surface area contributed by atoms with Gasteiger partial charge in [-0.25, -0.2) is 0 Å². The molecule has 0 aliphatic heterocycles. The average molecular weight is 287 g/mol. The molecular weight excluding hydrogens is 270 g/mol. The minimum atomic E-state index is 0.921. The molecule has 0 N–H and O–H groups in total. The first-order valence-electron chi connectivity index (χ1n) is 7.49. The second-order valence-corrected chi connectivity index (χ2v) is 5.96. The van der Waals surface area contributed by atoms with Gasteiger partial charge in [0.05, 0.1) is 5.69 Å². The summed E-state index contributed by atoms with van der Waals surface area (Å²) in [6.45, 7) is 6.30. The van der Waals surface area contributed by atoms with Gasteiger partial charge in [0, 0.05) is 22.5 Å². The Morgan fingerprint density at radius 1 is 0.818 bits per heavy atom. The molecule has 0 saturated heterocycles. The van der Waals surface area contributed by atoms with Crippen molar-refractivity contribution in [3.8, 4) is 11.3 Å². The van der Waals surface area contributed by atoms with E-state index in [1.54, 1.807) is 0 Å². The molecule has 0 aliphatic carbocycles. The van der Waals surface area contributed by atoms with Crippen LogP contribution >= 0.6 is 0 Å². The second-order valence-electron chi connectivity index (χ2n) is 5.96. The quantitative estimate of drug-likeness (QED) is 0.457. The molecule has 2 nitrogen and oxygen atoms in total. The highest BCUT2D eigenvalue weighted by molar-refractivity contribution is 6.10. The number of rotatable bonds is 1. The van der Waals surface area contributed by atoms with Gasteiger partial charge in [0.15, 0.2) is 0 Å². The monoisotopic (exact) mass is 287 g/mol. The van der Waals surface area contributed by atoms with Crippen LogP contribution in [0, 0.1) is 20.8 Å². The van der Waals surface area contributed by atoms with Gasteiger partial charge in [0.1, 0.15) is 11.2 Å². The summed E-state index contributed by atoms with van der Waals surface area (Å²) < 4.78 is 6.22. The Bertz CT molecular complexity index is 1010. The van der Waals surface area contributed by atoms with Crippen molar-refractivity contribution in [3.05, 3.63) is 65.4 Å². The van der Waals surface area contributed by atoms with Crippen molar-refractivity contribution in [3.63, 3.8) is 0 Å². The number of pyridine rings is 1. The van der Waals surface area contributed by atoms with Crippen molar-refractivity contribution in [2.75, 3.05) is 0 Å². The van der Waals surface area contributed by atoms with Crippen LogP contribution in [0.5, 0.6) is 0 Å². The summed E-state index contributed by atoms with van der Waals surface area (Å²) in [6, 6.07) is 14.7. The van der Waals surface area contributed by atoms with Gasteiger partial charge in [0.2, 0.25) is 0 Å². The largest absolute Gasteiger partial charge is 0.455 e. The topological polar surface area (TPSA) is 26.0 Å². The van der Waals surface area contributed by atoms with E-state index in [9.17, 15) is 0 Å². The number of aromatic nitrogens is 1. The van der Waals surface area contributed by atoms with Crippen LogP contribution in [0.1, 0.15) is 16.7 Å². The third-order valence-corrected chi connectivity index (χ3v) is 4.12. The minimum absolute atomic E-state index is 0.921. The molecule has 4 aromatic rings. The lowest BCUT2D eigenvalue weighted by Gasteiger charge is -2.02. The van der Waals surface area contributed by atoms with E-state index in [0.29, 0.717) is 0 Å². The van der Waals surface area contributed by atoms with Crippen LogP contribution in [-0.4, -0.2) is 4.98 Å². The van der Waals surface area contributed by atoms with E-state index in [2.05, 4.69) is 62.2 Å². The van der Waals surface area contributed by atoms with Crippen LogP contribution in [0.2, 0.25) is 0 Å². The molecule has 108 valence electrons. The molecule has 2 heterocycles. The fourth-order valence-electron chi connectivity index (χ4n) is 3.14. The summed E-state index contributed by atoms with van der Waals surface area (Å²) >= 11 is 0. The summed E-state index contributed by atoms with van der Waals surface area (Å²) in [4.78, 5) is 4.51. The van der Waals surface area contributed by atoms with Gasteiger partial charge in [0.25, 0.3) is 0 Å². The maximum absolute atomic E-state index is 6.22. The van der Waals surface area contributed by atoms with Gasteiger partial charge < -0.3 is 4.42 Å². The van der Waals surface area contributed by atoms with Gasteiger partial charge in [-0.1, -0.05) is 18.2 Å². The van der Waals surface area contributed by atoms with E-state index in [-0.39, 0.29) is 0 Å². The first kappa shape index (κ1) is 13.1. The van der Waals surface area contributed by atoms with Crippen molar-refractivity contribution >= 4 is 21.9 Å². The van der Waals surface area contributed by atoms with Crippen LogP contribution < -0.4 is 0 Å². The molecular formula is C20H17NO. The average Bonchev–Trinajstić information content (AvgIpc) is 2.86. The summed E-state index contributed by atoms with van der Waals surface area (Å²) in [5.74, 6) is 0. The summed E-state index contributed by atoms with van der Waals surface area (Å²) in [5, 5.41) is 2.34. The number of aryl methyl sites for hydroxylation is 3. The molecule has 2 aromatic heterocycles. The Labute approximate surface area is 129 Å². The maximum Gasteiger partial charge on any atom is 0.144 e. The number of furan rings is 1. The Kier molecular flexibility index (Phi) is 2.80. The van der Waals surface area contributed by atoms with E-state index in [1.165, 1.54) is 22.1 Å². The van der Waals surface area contributed by atoms with Crippen LogP contribution in [0.4, 0.5) is 0 Å². The predicted octanol–water partition coefficient (Wildman–Crippen LogP) is 5.57. The van der Waals surface area contributed by atoms with E-state index >= 15 is 0 Å². The zero-order valence-electron chi connectivity index (χ0n) is 13.0. The molecule has 22 heavy (non-hydrogen) atoms. The van der Waals surface area contributed by atoms with Crippen molar-refractivity contribution in [1.82, 2.24) is 4.98 Å². The normalized spacial score (nSPS) is 11.4. The van der Waals surface area contributed by atoms with E-state index in [0.717, 1.165) is 27.8 Å². The fourth-order valence-corrected chi connectivity index (χ4v) is 3.14. The number of fused-ring (bicyclic) bond motifs is 3. The van der Waals surface area contributed by atoms with Gasteiger partial charge in [-0.05, 0) is 61.7 Å². The Hall–Kier alpha value is -2.61. The molecule has 0 amide bonds. The third-order valence-electron chi connectivity index (χ3n) is 4.12. The maximum atomic E-state index is 6.22. The highest BCUT2D eigenvalue weighted by Gasteiger charge is 2.14. The van der Waals surface area contributed by atoms with Crippen molar-refractivity contribution in [2.45, 2.75) is 20.8 Å². The first-order valence-corrected chi connectivity index (χ1v) is 7.49.